The molecule has 1 saturated carbocycles. The van der Waals surface area contributed by atoms with Gasteiger partial charge in [-0.05, 0) is 33.6 Å². The molecule has 0 N–H and O–H groups in total. The summed E-state index contributed by atoms with van der Waals surface area (Å²) in [6, 6.07) is 8.81. The van der Waals surface area contributed by atoms with Gasteiger partial charge in [0.1, 0.15) is 0 Å². The topological polar surface area (TPSA) is 69.7 Å². The molecule has 1 aromatic rings. The van der Waals surface area contributed by atoms with Crippen molar-refractivity contribution in [2.24, 2.45) is 10.8 Å². The maximum atomic E-state index is 13.1. The van der Waals surface area contributed by atoms with Crippen molar-refractivity contribution in [3.05, 3.63) is 48.0 Å². The summed E-state index contributed by atoms with van der Waals surface area (Å²) in [5.74, 6) is -1.47. The summed E-state index contributed by atoms with van der Waals surface area (Å²) in [5, 5.41) is 0. The van der Waals surface area contributed by atoms with E-state index in [4.69, 9.17) is 9.47 Å². The van der Waals surface area contributed by atoms with E-state index in [9.17, 15) is 14.4 Å². The lowest BCUT2D eigenvalue weighted by atomic mass is 9.75. The van der Waals surface area contributed by atoms with Crippen LogP contribution in [-0.2, 0) is 19.1 Å². The SMILES string of the molecule is C=C1CC(C(=O)OCC)(C(=O)OCC)CC1(C)C(=O)c1ccccc1. The Morgan fingerprint density at radius 2 is 1.56 bits per heavy atom. The van der Waals surface area contributed by atoms with Crippen LogP contribution >= 0.6 is 0 Å². The van der Waals surface area contributed by atoms with Gasteiger partial charge in [0.2, 0.25) is 0 Å². The first-order valence-corrected chi connectivity index (χ1v) is 8.44. The monoisotopic (exact) mass is 344 g/mol. The normalized spacial score (nSPS) is 21.6. The third-order valence-corrected chi connectivity index (χ3v) is 4.82. The van der Waals surface area contributed by atoms with Crippen LogP contribution in [0.2, 0.25) is 0 Å². The Morgan fingerprint density at radius 1 is 1.04 bits per heavy atom. The maximum absolute atomic E-state index is 13.1. The minimum Gasteiger partial charge on any atom is -0.465 e. The van der Waals surface area contributed by atoms with Crippen molar-refractivity contribution in [3.8, 4) is 0 Å². The summed E-state index contributed by atoms with van der Waals surface area (Å²) in [6.45, 7) is 9.37. The highest BCUT2D eigenvalue weighted by Crippen LogP contribution is 2.55. The smallest absolute Gasteiger partial charge is 0.323 e. The average molecular weight is 344 g/mol. The first-order chi connectivity index (χ1) is 11.8. The van der Waals surface area contributed by atoms with Gasteiger partial charge in [0.25, 0.3) is 0 Å². The molecule has 1 aliphatic rings. The molecule has 1 atom stereocenters. The molecule has 0 amide bonds. The number of rotatable bonds is 6. The fourth-order valence-electron chi connectivity index (χ4n) is 3.41. The van der Waals surface area contributed by atoms with E-state index in [0.29, 0.717) is 11.1 Å². The zero-order valence-electron chi connectivity index (χ0n) is 15.0. The van der Waals surface area contributed by atoms with Crippen molar-refractivity contribution in [1.29, 1.82) is 0 Å². The van der Waals surface area contributed by atoms with Crippen molar-refractivity contribution >= 4 is 17.7 Å². The maximum Gasteiger partial charge on any atom is 0.323 e. The second-order valence-electron chi connectivity index (χ2n) is 6.51. The summed E-state index contributed by atoms with van der Waals surface area (Å²) < 4.78 is 10.3. The Hall–Kier alpha value is -2.43. The van der Waals surface area contributed by atoms with Crippen LogP contribution in [0.5, 0.6) is 0 Å². The molecule has 25 heavy (non-hydrogen) atoms. The Kier molecular flexibility index (Phi) is 5.45. The molecule has 5 heteroatoms. The number of esters is 2. The molecule has 1 unspecified atom stereocenters. The van der Waals surface area contributed by atoms with E-state index in [1.54, 1.807) is 45.0 Å². The number of allylic oxidation sites excluding steroid dienone is 1. The van der Waals surface area contributed by atoms with Crippen LogP contribution in [0.1, 0.15) is 44.0 Å². The minimum absolute atomic E-state index is 0.00419. The van der Waals surface area contributed by atoms with Crippen molar-refractivity contribution < 1.29 is 23.9 Å². The molecule has 1 fully saturated rings. The third kappa shape index (κ3) is 3.23. The first kappa shape index (κ1) is 18.9. The van der Waals surface area contributed by atoms with E-state index in [0.717, 1.165) is 0 Å². The summed E-state index contributed by atoms with van der Waals surface area (Å²) in [4.78, 5) is 38.3. The minimum atomic E-state index is -1.51. The molecule has 0 radical (unpaired) electrons. The first-order valence-electron chi connectivity index (χ1n) is 8.44. The van der Waals surface area contributed by atoms with Gasteiger partial charge in [0, 0.05) is 5.56 Å². The zero-order chi connectivity index (χ0) is 18.7. The Labute approximate surface area is 148 Å². The molecule has 0 aliphatic heterocycles. The van der Waals surface area contributed by atoms with Crippen molar-refractivity contribution in [3.63, 3.8) is 0 Å². The molecule has 0 spiro atoms. The molecular formula is C20H24O5. The van der Waals surface area contributed by atoms with E-state index in [-0.39, 0.29) is 31.8 Å². The quantitative estimate of drug-likeness (QED) is 0.343. The van der Waals surface area contributed by atoms with E-state index < -0.39 is 22.8 Å². The zero-order valence-corrected chi connectivity index (χ0v) is 15.0. The molecule has 0 heterocycles. The predicted molar refractivity (Wildman–Crippen MR) is 93.0 cm³/mol. The average Bonchev–Trinajstić information content (AvgIpc) is 2.89. The summed E-state index contributed by atoms with van der Waals surface area (Å²) in [7, 11) is 0. The van der Waals surface area contributed by atoms with Gasteiger partial charge in [0.05, 0.1) is 18.6 Å². The Morgan fingerprint density at radius 3 is 2.04 bits per heavy atom. The fourth-order valence-corrected chi connectivity index (χ4v) is 3.41. The van der Waals surface area contributed by atoms with Gasteiger partial charge >= 0.3 is 11.9 Å². The largest absolute Gasteiger partial charge is 0.465 e. The molecule has 2 rings (SSSR count). The van der Waals surface area contributed by atoms with Gasteiger partial charge < -0.3 is 9.47 Å². The standard InChI is InChI=1S/C20H24O5/c1-5-24-17(22)20(18(23)25-6-2)12-14(3)19(4,13-20)16(21)15-10-8-7-9-11-15/h7-11H,3,5-6,12-13H2,1-2,4H3. The van der Waals surface area contributed by atoms with Gasteiger partial charge in [-0.25, -0.2) is 0 Å². The number of hydrogen-bond acceptors (Lipinski definition) is 5. The predicted octanol–water partition coefficient (Wildman–Crippen LogP) is 3.34. The number of carbonyl (C=O) groups excluding carboxylic acids is 3. The summed E-state index contributed by atoms with van der Waals surface area (Å²) in [6.07, 6.45) is 0.0595. The molecule has 1 aromatic carbocycles. The van der Waals surface area contributed by atoms with Crippen LogP contribution in [0.25, 0.3) is 0 Å². The highest BCUT2D eigenvalue weighted by molar-refractivity contribution is 6.07. The molecule has 5 nitrogen and oxygen atoms in total. The van der Waals surface area contributed by atoms with E-state index in [1.165, 1.54) is 0 Å². The number of hydrogen-bond donors (Lipinski definition) is 0. The van der Waals surface area contributed by atoms with Crippen molar-refractivity contribution in [2.75, 3.05) is 13.2 Å². The van der Waals surface area contributed by atoms with Crippen LogP contribution in [-0.4, -0.2) is 30.9 Å². The highest BCUT2D eigenvalue weighted by atomic mass is 16.6. The highest BCUT2D eigenvalue weighted by Gasteiger charge is 2.61. The van der Waals surface area contributed by atoms with Gasteiger partial charge in [-0.1, -0.05) is 42.5 Å². The Balaban J connectivity index is 2.43. The molecule has 1 aliphatic carbocycles. The van der Waals surface area contributed by atoms with Crippen LogP contribution in [0, 0.1) is 10.8 Å². The van der Waals surface area contributed by atoms with E-state index in [1.807, 2.05) is 6.07 Å². The number of ketones is 1. The second kappa shape index (κ2) is 7.21. The molecule has 0 saturated heterocycles. The van der Waals surface area contributed by atoms with Crippen LogP contribution < -0.4 is 0 Å². The molecule has 0 bridgehead atoms. The number of carbonyl (C=O) groups is 3. The van der Waals surface area contributed by atoms with Crippen LogP contribution in [0.15, 0.2) is 42.5 Å². The van der Waals surface area contributed by atoms with Gasteiger partial charge in [-0.2, -0.15) is 0 Å². The summed E-state index contributed by atoms with van der Waals surface area (Å²) >= 11 is 0. The Bertz CT molecular complexity index is 673. The van der Waals surface area contributed by atoms with Crippen LogP contribution in [0.3, 0.4) is 0 Å². The fraction of sp³-hybridized carbons (Fsp3) is 0.450. The van der Waals surface area contributed by atoms with Crippen molar-refractivity contribution in [2.45, 2.75) is 33.6 Å². The van der Waals surface area contributed by atoms with Gasteiger partial charge in [-0.15, -0.1) is 0 Å². The molecule has 0 aromatic heterocycles. The second-order valence-corrected chi connectivity index (χ2v) is 6.51. The third-order valence-electron chi connectivity index (χ3n) is 4.82. The molecular weight excluding hydrogens is 320 g/mol. The number of ether oxygens (including phenoxy) is 2. The lowest BCUT2D eigenvalue weighted by molar-refractivity contribution is -0.171. The summed E-state index contributed by atoms with van der Waals surface area (Å²) in [5.41, 5.74) is -1.47. The number of Topliss-reactive ketones (excluding diaryl/α,β-unsaturated/α-hetero) is 1. The molecule has 134 valence electrons. The van der Waals surface area contributed by atoms with E-state index in [2.05, 4.69) is 6.58 Å². The van der Waals surface area contributed by atoms with Crippen molar-refractivity contribution in [1.82, 2.24) is 0 Å². The number of benzene rings is 1. The van der Waals surface area contributed by atoms with Crippen LogP contribution in [0.4, 0.5) is 0 Å². The van der Waals surface area contributed by atoms with E-state index >= 15 is 0 Å². The lowest BCUT2D eigenvalue weighted by Crippen LogP contribution is -2.41. The van der Waals surface area contributed by atoms with Gasteiger partial charge in [0.15, 0.2) is 11.2 Å². The lowest BCUT2D eigenvalue weighted by Gasteiger charge is -2.27. The van der Waals surface area contributed by atoms with Gasteiger partial charge in [-0.3, -0.25) is 14.4 Å².